The van der Waals surface area contributed by atoms with Crippen LogP contribution in [0, 0.1) is 0 Å². The monoisotopic (exact) mass is 416 g/mol. The van der Waals surface area contributed by atoms with E-state index < -0.39 is 23.3 Å². The Bertz CT molecular complexity index is 810. The first-order valence-corrected chi connectivity index (χ1v) is 9.35. The molecule has 0 aliphatic heterocycles. The maximum atomic E-state index is 13.7. The quantitative estimate of drug-likeness (QED) is 0.728. The van der Waals surface area contributed by atoms with E-state index in [1.807, 2.05) is 27.7 Å². The molecule has 0 bridgehead atoms. The highest BCUT2D eigenvalue weighted by Crippen LogP contribution is 2.34. The van der Waals surface area contributed by atoms with E-state index in [1.165, 1.54) is 18.2 Å². The zero-order valence-corrected chi connectivity index (χ0v) is 17.0. The van der Waals surface area contributed by atoms with Crippen LogP contribution in [0.3, 0.4) is 0 Å². The van der Waals surface area contributed by atoms with Crippen molar-refractivity contribution in [1.82, 2.24) is 20.0 Å². The molecule has 0 aliphatic carbocycles. The first-order chi connectivity index (χ1) is 13.0. The maximum Gasteiger partial charge on any atom is 0.434 e. The fourth-order valence-corrected chi connectivity index (χ4v) is 3.28. The van der Waals surface area contributed by atoms with E-state index in [0.29, 0.717) is 11.2 Å². The third-order valence-corrected chi connectivity index (χ3v) is 4.55. The Morgan fingerprint density at radius 1 is 1.25 bits per heavy atom. The van der Waals surface area contributed by atoms with E-state index in [-0.39, 0.29) is 29.3 Å². The van der Waals surface area contributed by atoms with Gasteiger partial charge in [-0.2, -0.15) is 18.3 Å². The minimum absolute atomic E-state index is 0.129. The molecule has 1 aromatic carbocycles. The first kappa shape index (κ1) is 22.2. The van der Waals surface area contributed by atoms with Crippen molar-refractivity contribution in [2.45, 2.75) is 46.0 Å². The van der Waals surface area contributed by atoms with Gasteiger partial charge in [0.2, 0.25) is 0 Å². The Hall–Kier alpha value is -2.06. The molecule has 1 aromatic heterocycles. The van der Waals surface area contributed by atoms with Gasteiger partial charge in [0.1, 0.15) is 0 Å². The lowest BCUT2D eigenvalue weighted by Gasteiger charge is -2.30. The lowest BCUT2D eigenvalue weighted by Crippen LogP contribution is -2.42. The molecule has 0 saturated carbocycles. The number of aromatic nitrogens is 2. The van der Waals surface area contributed by atoms with Gasteiger partial charge in [-0.1, -0.05) is 17.7 Å². The number of benzene rings is 1. The molecule has 0 spiro atoms. The summed E-state index contributed by atoms with van der Waals surface area (Å²) in [4.78, 5) is 14.6. The minimum atomic E-state index is -4.76. The van der Waals surface area contributed by atoms with Crippen molar-refractivity contribution in [3.63, 3.8) is 0 Å². The molecule has 2 rings (SSSR count). The van der Waals surface area contributed by atoms with Crippen LogP contribution in [-0.2, 0) is 6.18 Å². The summed E-state index contributed by atoms with van der Waals surface area (Å²) in [6.07, 6.45) is -3.82. The van der Waals surface area contributed by atoms with E-state index in [2.05, 4.69) is 15.3 Å². The zero-order chi connectivity index (χ0) is 21.1. The molecule has 0 atom stereocenters. The summed E-state index contributed by atoms with van der Waals surface area (Å²) >= 11 is 5.87. The van der Waals surface area contributed by atoms with E-state index in [4.69, 9.17) is 11.6 Å². The van der Waals surface area contributed by atoms with Gasteiger partial charge in [0, 0.05) is 30.2 Å². The molecule has 1 heterocycles. The van der Waals surface area contributed by atoms with Crippen molar-refractivity contribution >= 4 is 17.5 Å². The smallest absolute Gasteiger partial charge is 0.351 e. The van der Waals surface area contributed by atoms with Gasteiger partial charge >= 0.3 is 6.18 Å². The van der Waals surface area contributed by atoms with Crippen molar-refractivity contribution in [1.29, 1.82) is 0 Å². The number of nitrogens with one attached hydrogen (secondary N) is 1. The Morgan fingerprint density at radius 2 is 1.89 bits per heavy atom. The normalized spacial score (nSPS) is 12.2. The third-order valence-electron chi connectivity index (χ3n) is 4.32. The average Bonchev–Trinajstić information content (AvgIpc) is 3.03. The molecule has 9 heteroatoms. The van der Waals surface area contributed by atoms with Crippen molar-refractivity contribution < 1.29 is 18.0 Å². The van der Waals surface area contributed by atoms with Crippen LogP contribution >= 0.6 is 11.6 Å². The summed E-state index contributed by atoms with van der Waals surface area (Å²) in [5.74, 6) is -0.812. The second-order valence-corrected chi connectivity index (χ2v) is 7.41. The van der Waals surface area contributed by atoms with E-state index in [1.54, 1.807) is 6.07 Å². The first-order valence-electron chi connectivity index (χ1n) is 8.97. The number of carbonyl (C=O) groups is 1. The molecule has 0 fully saturated rings. The summed E-state index contributed by atoms with van der Waals surface area (Å²) in [5, 5.41) is 6.62. The molecule has 0 aliphatic rings. The van der Waals surface area contributed by atoms with Gasteiger partial charge in [-0.3, -0.25) is 9.69 Å². The molecule has 0 unspecified atom stereocenters. The molecular weight excluding hydrogens is 393 g/mol. The van der Waals surface area contributed by atoms with Crippen LogP contribution in [0.5, 0.6) is 0 Å². The van der Waals surface area contributed by atoms with Crippen molar-refractivity contribution in [3.05, 3.63) is 46.7 Å². The Balaban J connectivity index is 2.25. The van der Waals surface area contributed by atoms with Gasteiger partial charge in [-0.25, -0.2) is 4.68 Å². The molecular formula is C19H24ClF3N4O. The number of alkyl halides is 3. The van der Waals surface area contributed by atoms with E-state index in [9.17, 15) is 18.0 Å². The van der Waals surface area contributed by atoms with Crippen LogP contribution < -0.4 is 5.32 Å². The van der Waals surface area contributed by atoms with Gasteiger partial charge in [-0.15, -0.1) is 0 Å². The van der Waals surface area contributed by atoms with Gasteiger partial charge < -0.3 is 5.32 Å². The molecule has 0 saturated heterocycles. The van der Waals surface area contributed by atoms with Crippen LogP contribution in [0.25, 0.3) is 5.69 Å². The molecule has 0 radical (unpaired) electrons. The summed E-state index contributed by atoms with van der Waals surface area (Å²) < 4.78 is 41.7. The summed E-state index contributed by atoms with van der Waals surface area (Å²) in [6.45, 7) is 8.87. The predicted octanol–water partition coefficient (Wildman–Crippen LogP) is 4.39. The van der Waals surface area contributed by atoms with Crippen LogP contribution in [0.2, 0.25) is 5.02 Å². The lowest BCUT2D eigenvalue weighted by atomic mass is 10.2. The Morgan fingerprint density at radius 3 is 2.43 bits per heavy atom. The highest BCUT2D eigenvalue weighted by molar-refractivity contribution is 6.30. The largest absolute Gasteiger partial charge is 0.434 e. The summed E-state index contributed by atoms with van der Waals surface area (Å²) in [7, 11) is 0. The number of carbonyl (C=O) groups excluding carboxylic acids is 1. The number of rotatable bonds is 7. The lowest BCUT2D eigenvalue weighted by molar-refractivity contribution is -0.143. The van der Waals surface area contributed by atoms with Crippen molar-refractivity contribution in [2.75, 3.05) is 13.1 Å². The van der Waals surface area contributed by atoms with Crippen molar-refractivity contribution in [2.24, 2.45) is 0 Å². The number of amides is 1. The molecule has 2 aromatic rings. The van der Waals surface area contributed by atoms with E-state index >= 15 is 0 Å². The molecule has 154 valence electrons. The van der Waals surface area contributed by atoms with Crippen LogP contribution in [0.15, 0.2) is 30.5 Å². The summed E-state index contributed by atoms with van der Waals surface area (Å²) in [5.41, 5.74) is -1.52. The standard InChI is InChI=1S/C19H24ClF3N4O/c1-12(2)26(13(3)4)9-8-24-18(28)16-11-25-27(17(16)19(21,22)23)15-7-5-6-14(20)10-15/h5-7,10-13H,8-9H2,1-4H3,(H,24,28). The highest BCUT2D eigenvalue weighted by atomic mass is 35.5. The zero-order valence-electron chi connectivity index (χ0n) is 16.2. The second-order valence-electron chi connectivity index (χ2n) is 6.98. The summed E-state index contributed by atoms with van der Waals surface area (Å²) in [6, 6.07) is 6.38. The van der Waals surface area contributed by atoms with Crippen LogP contribution in [-0.4, -0.2) is 45.8 Å². The van der Waals surface area contributed by atoms with Gasteiger partial charge in [0.25, 0.3) is 5.91 Å². The Kier molecular flexibility index (Phi) is 7.11. The predicted molar refractivity (Wildman–Crippen MR) is 103 cm³/mol. The molecule has 1 N–H and O–H groups in total. The van der Waals surface area contributed by atoms with Crippen LogP contribution in [0.4, 0.5) is 13.2 Å². The molecule has 28 heavy (non-hydrogen) atoms. The average molecular weight is 417 g/mol. The number of hydrogen-bond donors (Lipinski definition) is 1. The van der Waals surface area contributed by atoms with Gasteiger partial charge in [0.15, 0.2) is 5.69 Å². The van der Waals surface area contributed by atoms with Gasteiger partial charge in [-0.05, 0) is 45.9 Å². The SMILES string of the molecule is CC(C)N(CCNC(=O)c1cnn(-c2cccc(Cl)c2)c1C(F)(F)F)C(C)C. The fraction of sp³-hybridized carbons (Fsp3) is 0.474. The number of hydrogen-bond acceptors (Lipinski definition) is 3. The fourth-order valence-electron chi connectivity index (χ4n) is 3.10. The molecule has 1 amide bonds. The van der Waals surface area contributed by atoms with Crippen molar-refractivity contribution in [3.8, 4) is 5.69 Å². The van der Waals surface area contributed by atoms with Crippen LogP contribution in [0.1, 0.15) is 43.7 Å². The van der Waals surface area contributed by atoms with E-state index in [0.717, 1.165) is 6.20 Å². The highest BCUT2D eigenvalue weighted by Gasteiger charge is 2.40. The van der Waals surface area contributed by atoms with Gasteiger partial charge in [0.05, 0.1) is 17.4 Å². The Labute approximate surface area is 167 Å². The minimum Gasteiger partial charge on any atom is -0.351 e. The molecule has 5 nitrogen and oxygen atoms in total. The maximum absolute atomic E-state index is 13.7. The second kappa shape index (κ2) is 8.96. The topological polar surface area (TPSA) is 50.2 Å². The number of halogens is 4. The third kappa shape index (κ3) is 5.26. The number of nitrogens with zero attached hydrogens (tertiary/aromatic N) is 3.